The van der Waals surface area contributed by atoms with Crippen LogP contribution in [0.4, 0.5) is 0 Å². The van der Waals surface area contributed by atoms with Gasteiger partial charge < -0.3 is 9.88 Å². The van der Waals surface area contributed by atoms with Crippen molar-refractivity contribution in [1.82, 2.24) is 24.8 Å². The smallest absolute Gasteiger partial charge is 0.254 e. The number of imidazole rings is 1. The van der Waals surface area contributed by atoms with Crippen molar-refractivity contribution in [2.75, 3.05) is 7.05 Å². The van der Waals surface area contributed by atoms with Crippen molar-refractivity contribution in [3.63, 3.8) is 0 Å². The minimum absolute atomic E-state index is 0.0575. The molecule has 1 amide bonds. The third-order valence-corrected chi connectivity index (χ3v) is 4.32. The minimum atomic E-state index is -0.145. The summed E-state index contributed by atoms with van der Waals surface area (Å²) in [7, 11) is 1.78. The molecule has 128 valence electrons. The first-order valence-corrected chi connectivity index (χ1v) is 8.14. The summed E-state index contributed by atoms with van der Waals surface area (Å²) in [6.45, 7) is 5.85. The number of carbonyl (C=O) groups excluding carboxylic acids is 1. The van der Waals surface area contributed by atoms with Crippen LogP contribution in [0, 0.1) is 13.8 Å². The molecule has 2 heterocycles. The van der Waals surface area contributed by atoms with E-state index in [1.54, 1.807) is 18.1 Å². The highest BCUT2D eigenvalue weighted by Gasteiger charge is 2.20. The van der Waals surface area contributed by atoms with Crippen molar-refractivity contribution in [2.24, 2.45) is 0 Å². The molecule has 0 bridgehead atoms. The molecule has 25 heavy (non-hydrogen) atoms. The normalized spacial score (nSPS) is 12.0. The fourth-order valence-electron chi connectivity index (χ4n) is 2.82. The van der Waals surface area contributed by atoms with Gasteiger partial charge in [-0.1, -0.05) is 12.1 Å². The minimum Gasteiger partial charge on any atom is -0.346 e. The van der Waals surface area contributed by atoms with Crippen LogP contribution in [0.15, 0.2) is 42.9 Å². The third kappa shape index (κ3) is 3.42. The van der Waals surface area contributed by atoms with Crippen LogP contribution in [-0.2, 0) is 0 Å². The van der Waals surface area contributed by atoms with Crippen LogP contribution in [0.1, 0.15) is 40.5 Å². The second-order valence-corrected chi connectivity index (χ2v) is 6.10. The molecular weight excluding hydrogens is 314 g/mol. The Bertz CT molecular complexity index is 888. The highest BCUT2D eigenvalue weighted by Crippen LogP contribution is 2.24. The second kappa shape index (κ2) is 6.84. The Balaban J connectivity index is 1.87. The number of nitrogens with zero attached hydrogens (tertiary/aromatic N) is 4. The molecule has 0 unspecified atom stereocenters. The number of aromatic amines is 1. The maximum absolute atomic E-state index is 12.9. The summed E-state index contributed by atoms with van der Waals surface area (Å²) in [6.07, 6.45) is 3.17. The number of aromatic nitrogens is 4. The van der Waals surface area contributed by atoms with E-state index in [4.69, 9.17) is 0 Å². The topological polar surface area (TPSA) is 74.8 Å². The van der Waals surface area contributed by atoms with Gasteiger partial charge in [0.25, 0.3) is 5.91 Å². The largest absolute Gasteiger partial charge is 0.346 e. The number of nitrogens with one attached hydrogen (secondary N) is 1. The Morgan fingerprint density at radius 2 is 2.04 bits per heavy atom. The lowest BCUT2D eigenvalue weighted by atomic mass is 10.1. The summed E-state index contributed by atoms with van der Waals surface area (Å²) in [5, 5.41) is 0. The Kier molecular flexibility index (Phi) is 4.61. The lowest BCUT2D eigenvalue weighted by molar-refractivity contribution is 0.0739. The number of carbonyl (C=O) groups is 1. The van der Waals surface area contributed by atoms with E-state index in [-0.39, 0.29) is 11.9 Å². The first-order chi connectivity index (χ1) is 12.0. The molecule has 2 aromatic heterocycles. The second-order valence-electron chi connectivity index (χ2n) is 6.10. The fourth-order valence-corrected chi connectivity index (χ4v) is 2.82. The zero-order valence-corrected chi connectivity index (χ0v) is 14.8. The van der Waals surface area contributed by atoms with Gasteiger partial charge in [-0.25, -0.2) is 15.0 Å². The van der Waals surface area contributed by atoms with E-state index in [1.165, 1.54) is 6.33 Å². The summed E-state index contributed by atoms with van der Waals surface area (Å²) in [6, 6.07) is 9.23. The molecule has 0 spiro atoms. The first kappa shape index (κ1) is 16.8. The van der Waals surface area contributed by atoms with Crippen LogP contribution in [0.5, 0.6) is 0 Å². The molecule has 3 aromatic rings. The zero-order chi connectivity index (χ0) is 18.0. The van der Waals surface area contributed by atoms with Crippen LogP contribution < -0.4 is 0 Å². The van der Waals surface area contributed by atoms with Gasteiger partial charge in [-0.15, -0.1) is 0 Å². The van der Waals surface area contributed by atoms with Crippen molar-refractivity contribution < 1.29 is 4.79 Å². The molecule has 1 N–H and O–H groups in total. The molecule has 1 aromatic carbocycles. The lowest BCUT2D eigenvalue weighted by Crippen LogP contribution is -2.30. The Morgan fingerprint density at radius 1 is 1.24 bits per heavy atom. The average molecular weight is 335 g/mol. The highest BCUT2D eigenvalue weighted by atomic mass is 16.2. The molecule has 0 aliphatic rings. The summed E-state index contributed by atoms with van der Waals surface area (Å²) < 4.78 is 0. The molecule has 0 aliphatic carbocycles. The van der Waals surface area contributed by atoms with Gasteiger partial charge in [-0.05, 0) is 39.0 Å². The van der Waals surface area contributed by atoms with Crippen LogP contribution in [-0.4, -0.2) is 37.8 Å². The van der Waals surface area contributed by atoms with Crippen molar-refractivity contribution >= 4 is 5.91 Å². The predicted octanol–water partition coefficient (Wildman–Crippen LogP) is 3.32. The molecule has 3 rings (SSSR count). The molecule has 0 aliphatic heterocycles. The summed E-state index contributed by atoms with van der Waals surface area (Å²) in [4.78, 5) is 30.4. The van der Waals surface area contributed by atoms with Gasteiger partial charge >= 0.3 is 0 Å². The van der Waals surface area contributed by atoms with E-state index in [1.807, 2.05) is 51.1 Å². The van der Waals surface area contributed by atoms with Gasteiger partial charge in [0.1, 0.15) is 12.2 Å². The van der Waals surface area contributed by atoms with Gasteiger partial charge in [-0.2, -0.15) is 0 Å². The number of H-pyrrole nitrogens is 1. The maximum Gasteiger partial charge on any atom is 0.254 e. The Morgan fingerprint density at radius 3 is 2.68 bits per heavy atom. The number of hydrogen-bond acceptors (Lipinski definition) is 4. The average Bonchev–Trinajstić information content (AvgIpc) is 2.99. The van der Waals surface area contributed by atoms with Gasteiger partial charge in [0.2, 0.25) is 0 Å². The first-order valence-electron chi connectivity index (χ1n) is 8.14. The zero-order valence-electron chi connectivity index (χ0n) is 14.8. The van der Waals surface area contributed by atoms with Crippen LogP contribution >= 0.6 is 0 Å². The number of rotatable bonds is 4. The maximum atomic E-state index is 12.9. The number of hydrogen-bond donors (Lipinski definition) is 1. The molecule has 0 radical (unpaired) electrons. The van der Waals surface area contributed by atoms with Gasteiger partial charge in [0.15, 0.2) is 0 Å². The molecule has 1 atom stereocenters. The Hall–Kier alpha value is -3.02. The van der Waals surface area contributed by atoms with Crippen molar-refractivity contribution in [1.29, 1.82) is 0 Å². The van der Waals surface area contributed by atoms with E-state index in [9.17, 15) is 4.79 Å². The van der Waals surface area contributed by atoms with E-state index >= 15 is 0 Å². The fraction of sp³-hybridized carbons (Fsp3) is 0.263. The standard InChI is InChI=1S/C19H21N5O/c1-12-18(23-14(3)22-12)15-6-5-7-16(10-15)19(25)24(4)13(2)17-8-9-20-11-21-17/h5-11,13H,1-4H3,(H,22,23)/t13-/m1/s1. The van der Waals surface area contributed by atoms with Gasteiger partial charge in [0.05, 0.1) is 17.4 Å². The molecule has 0 fully saturated rings. The van der Waals surface area contributed by atoms with Crippen molar-refractivity contribution in [3.8, 4) is 11.3 Å². The quantitative estimate of drug-likeness (QED) is 0.793. The molecule has 6 nitrogen and oxygen atoms in total. The van der Waals surface area contributed by atoms with Crippen LogP contribution in [0.2, 0.25) is 0 Å². The highest BCUT2D eigenvalue weighted by molar-refractivity contribution is 5.95. The van der Waals surface area contributed by atoms with E-state index in [0.717, 1.165) is 28.5 Å². The third-order valence-electron chi connectivity index (χ3n) is 4.32. The van der Waals surface area contributed by atoms with E-state index < -0.39 is 0 Å². The predicted molar refractivity (Wildman–Crippen MR) is 96.0 cm³/mol. The SMILES string of the molecule is Cc1nc(-c2cccc(C(=O)N(C)[C@H](C)c3ccncn3)c2)c(C)[nH]1. The van der Waals surface area contributed by atoms with Crippen LogP contribution in [0.25, 0.3) is 11.3 Å². The number of benzene rings is 1. The summed E-state index contributed by atoms with van der Waals surface area (Å²) >= 11 is 0. The number of amides is 1. The lowest BCUT2D eigenvalue weighted by Gasteiger charge is -2.24. The van der Waals surface area contributed by atoms with E-state index in [2.05, 4.69) is 19.9 Å². The Labute approximate surface area is 147 Å². The monoisotopic (exact) mass is 335 g/mol. The molecule has 0 saturated heterocycles. The summed E-state index contributed by atoms with van der Waals surface area (Å²) in [5.41, 5.74) is 4.22. The van der Waals surface area contributed by atoms with Gasteiger partial charge in [-0.3, -0.25) is 4.79 Å². The molecule has 0 saturated carbocycles. The van der Waals surface area contributed by atoms with E-state index in [0.29, 0.717) is 5.56 Å². The summed E-state index contributed by atoms with van der Waals surface area (Å²) in [5.74, 6) is 0.802. The number of aryl methyl sites for hydroxylation is 2. The molecule has 6 heteroatoms. The van der Waals surface area contributed by atoms with Crippen molar-refractivity contribution in [3.05, 3.63) is 65.6 Å². The van der Waals surface area contributed by atoms with Gasteiger partial charge in [0, 0.05) is 30.1 Å². The van der Waals surface area contributed by atoms with Crippen molar-refractivity contribution in [2.45, 2.75) is 26.8 Å². The molecular formula is C19H21N5O. The van der Waals surface area contributed by atoms with Crippen LogP contribution in [0.3, 0.4) is 0 Å².